The summed E-state index contributed by atoms with van der Waals surface area (Å²) in [4.78, 5) is 0. The second-order valence-corrected chi connectivity index (χ2v) is 4.54. The van der Waals surface area contributed by atoms with Crippen LogP contribution in [0.5, 0.6) is 0 Å². The van der Waals surface area contributed by atoms with Crippen LogP contribution in [0.3, 0.4) is 0 Å². The standard InChI is InChI=1S/C14H14ClFN2/c1-9-7-10(17)5-6-14(9)18-8-11-12(15)3-2-4-13(11)16/h2-7,18H,8,17H2,1H3. The van der Waals surface area contributed by atoms with Crippen LogP contribution in [0.15, 0.2) is 36.4 Å². The van der Waals surface area contributed by atoms with Crippen molar-refractivity contribution in [2.75, 3.05) is 11.1 Å². The summed E-state index contributed by atoms with van der Waals surface area (Å²) >= 11 is 5.96. The summed E-state index contributed by atoms with van der Waals surface area (Å²) in [5.74, 6) is -0.303. The molecule has 2 aromatic carbocycles. The molecular formula is C14H14ClFN2. The molecule has 3 N–H and O–H groups in total. The Bertz CT molecular complexity index is 549. The van der Waals surface area contributed by atoms with Crippen molar-refractivity contribution in [2.45, 2.75) is 13.5 Å². The number of hydrogen-bond donors (Lipinski definition) is 2. The van der Waals surface area contributed by atoms with E-state index in [1.54, 1.807) is 18.2 Å². The molecule has 0 aromatic heterocycles. The molecule has 0 bridgehead atoms. The van der Waals surface area contributed by atoms with E-state index in [4.69, 9.17) is 17.3 Å². The zero-order chi connectivity index (χ0) is 13.1. The fourth-order valence-corrected chi connectivity index (χ4v) is 2.00. The van der Waals surface area contributed by atoms with Crippen LogP contribution in [0.2, 0.25) is 5.02 Å². The number of aryl methyl sites for hydroxylation is 1. The van der Waals surface area contributed by atoms with Crippen LogP contribution < -0.4 is 11.1 Å². The van der Waals surface area contributed by atoms with Crippen LogP contribution in [0.25, 0.3) is 0 Å². The molecule has 0 amide bonds. The van der Waals surface area contributed by atoms with Gasteiger partial charge < -0.3 is 11.1 Å². The van der Waals surface area contributed by atoms with Crippen LogP contribution in [0.4, 0.5) is 15.8 Å². The van der Waals surface area contributed by atoms with Crippen LogP contribution in [-0.2, 0) is 6.54 Å². The van der Waals surface area contributed by atoms with Crippen LogP contribution in [-0.4, -0.2) is 0 Å². The zero-order valence-corrected chi connectivity index (χ0v) is 10.8. The first kappa shape index (κ1) is 12.7. The highest BCUT2D eigenvalue weighted by Crippen LogP contribution is 2.22. The Morgan fingerprint density at radius 1 is 1.28 bits per heavy atom. The van der Waals surface area contributed by atoms with E-state index in [1.165, 1.54) is 6.07 Å². The van der Waals surface area contributed by atoms with Crippen molar-refractivity contribution in [1.29, 1.82) is 0 Å². The molecule has 4 heteroatoms. The van der Waals surface area contributed by atoms with Gasteiger partial charge in [0.15, 0.2) is 0 Å². The molecule has 0 spiro atoms. The van der Waals surface area contributed by atoms with Gasteiger partial charge in [-0.1, -0.05) is 17.7 Å². The number of nitrogens with one attached hydrogen (secondary N) is 1. The van der Waals surface area contributed by atoms with Gasteiger partial charge in [0.05, 0.1) is 0 Å². The van der Waals surface area contributed by atoms with Gasteiger partial charge in [0.1, 0.15) is 5.82 Å². The molecule has 0 heterocycles. The van der Waals surface area contributed by atoms with Gasteiger partial charge >= 0.3 is 0 Å². The molecule has 2 nitrogen and oxygen atoms in total. The molecule has 0 atom stereocenters. The van der Waals surface area contributed by atoms with E-state index < -0.39 is 0 Å². The molecule has 0 unspecified atom stereocenters. The maximum Gasteiger partial charge on any atom is 0.129 e. The van der Waals surface area contributed by atoms with Crippen molar-refractivity contribution in [3.63, 3.8) is 0 Å². The lowest BCUT2D eigenvalue weighted by Crippen LogP contribution is -2.04. The predicted molar refractivity (Wildman–Crippen MR) is 74.3 cm³/mol. The monoisotopic (exact) mass is 264 g/mol. The predicted octanol–water partition coefficient (Wildman–Crippen LogP) is 3.98. The molecule has 2 rings (SSSR count). The third kappa shape index (κ3) is 2.74. The van der Waals surface area contributed by atoms with Crippen LogP contribution in [0, 0.1) is 12.7 Å². The molecule has 18 heavy (non-hydrogen) atoms. The fourth-order valence-electron chi connectivity index (χ4n) is 1.77. The normalized spacial score (nSPS) is 10.4. The average Bonchev–Trinajstić information content (AvgIpc) is 2.31. The van der Waals surface area contributed by atoms with Crippen molar-refractivity contribution >= 4 is 23.0 Å². The number of hydrogen-bond acceptors (Lipinski definition) is 2. The van der Waals surface area contributed by atoms with Gasteiger partial charge in [0.25, 0.3) is 0 Å². The SMILES string of the molecule is Cc1cc(N)ccc1NCc1c(F)cccc1Cl. The summed E-state index contributed by atoms with van der Waals surface area (Å²) in [6.07, 6.45) is 0. The first-order valence-electron chi connectivity index (χ1n) is 5.61. The van der Waals surface area contributed by atoms with Crippen molar-refractivity contribution in [1.82, 2.24) is 0 Å². The summed E-state index contributed by atoms with van der Waals surface area (Å²) in [7, 11) is 0. The van der Waals surface area contributed by atoms with Crippen molar-refractivity contribution in [2.24, 2.45) is 0 Å². The lowest BCUT2D eigenvalue weighted by molar-refractivity contribution is 0.613. The van der Waals surface area contributed by atoms with Gasteiger partial charge in [-0.2, -0.15) is 0 Å². The first-order chi connectivity index (χ1) is 8.58. The Labute approximate surface area is 111 Å². The number of anilines is 2. The number of nitrogens with two attached hydrogens (primary N) is 1. The van der Waals surface area contributed by atoms with Gasteiger partial charge in [0, 0.05) is 28.5 Å². The lowest BCUT2D eigenvalue weighted by Gasteiger charge is -2.11. The third-order valence-corrected chi connectivity index (χ3v) is 3.12. The Kier molecular flexibility index (Phi) is 3.72. The lowest BCUT2D eigenvalue weighted by atomic mass is 10.1. The topological polar surface area (TPSA) is 38.0 Å². The molecule has 0 saturated heterocycles. The minimum atomic E-state index is -0.303. The number of rotatable bonds is 3. The Morgan fingerprint density at radius 2 is 2.06 bits per heavy atom. The van der Waals surface area contributed by atoms with E-state index in [-0.39, 0.29) is 5.82 Å². The molecule has 0 aliphatic carbocycles. The quantitative estimate of drug-likeness (QED) is 0.823. The second-order valence-electron chi connectivity index (χ2n) is 4.13. The molecule has 0 saturated carbocycles. The zero-order valence-electron chi connectivity index (χ0n) is 10.0. The number of benzene rings is 2. The average molecular weight is 265 g/mol. The highest BCUT2D eigenvalue weighted by atomic mass is 35.5. The molecule has 0 aliphatic heterocycles. The van der Waals surface area contributed by atoms with E-state index in [0.29, 0.717) is 22.8 Å². The van der Waals surface area contributed by atoms with Gasteiger partial charge in [-0.25, -0.2) is 4.39 Å². The van der Waals surface area contributed by atoms with E-state index in [2.05, 4.69) is 5.32 Å². The maximum absolute atomic E-state index is 13.6. The molecule has 0 radical (unpaired) electrons. The van der Waals surface area contributed by atoms with E-state index in [0.717, 1.165) is 11.3 Å². The summed E-state index contributed by atoms with van der Waals surface area (Å²) in [5, 5.41) is 3.58. The Hall–Kier alpha value is -1.74. The van der Waals surface area contributed by atoms with Gasteiger partial charge in [-0.15, -0.1) is 0 Å². The minimum Gasteiger partial charge on any atom is -0.399 e. The summed E-state index contributed by atoms with van der Waals surface area (Å²) in [6.45, 7) is 2.29. The Morgan fingerprint density at radius 3 is 2.72 bits per heavy atom. The van der Waals surface area contributed by atoms with Crippen molar-refractivity contribution in [3.8, 4) is 0 Å². The van der Waals surface area contributed by atoms with E-state index in [9.17, 15) is 4.39 Å². The second kappa shape index (κ2) is 5.27. The van der Waals surface area contributed by atoms with E-state index in [1.807, 2.05) is 19.1 Å². The van der Waals surface area contributed by atoms with Crippen LogP contribution in [0.1, 0.15) is 11.1 Å². The van der Waals surface area contributed by atoms with Gasteiger partial charge in [0.2, 0.25) is 0 Å². The smallest absolute Gasteiger partial charge is 0.129 e. The first-order valence-corrected chi connectivity index (χ1v) is 5.98. The maximum atomic E-state index is 13.6. The molecule has 0 aliphatic rings. The number of nitrogen functional groups attached to an aromatic ring is 1. The largest absolute Gasteiger partial charge is 0.399 e. The van der Waals surface area contributed by atoms with Gasteiger partial charge in [-0.3, -0.25) is 0 Å². The highest BCUT2D eigenvalue weighted by molar-refractivity contribution is 6.31. The Balaban J connectivity index is 2.16. The number of halogens is 2. The molecule has 0 fully saturated rings. The summed E-state index contributed by atoms with van der Waals surface area (Å²) in [5.41, 5.74) is 8.79. The summed E-state index contributed by atoms with van der Waals surface area (Å²) < 4.78 is 13.6. The third-order valence-electron chi connectivity index (χ3n) is 2.77. The highest BCUT2D eigenvalue weighted by Gasteiger charge is 2.07. The molecular weight excluding hydrogens is 251 g/mol. The van der Waals surface area contributed by atoms with E-state index >= 15 is 0 Å². The summed E-state index contributed by atoms with van der Waals surface area (Å²) in [6, 6.07) is 10.2. The molecule has 2 aromatic rings. The van der Waals surface area contributed by atoms with Crippen molar-refractivity contribution < 1.29 is 4.39 Å². The van der Waals surface area contributed by atoms with Gasteiger partial charge in [-0.05, 0) is 42.8 Å². The minimum absolute atomic E-state index is 0.303. The van der Waals surface area contributed by atoms with Crippen molar-refractivity contribution in [3.05, 3.63) is 58.4 Å². The fraction of sp³-hybridized carbons (Fsp3) is 0.143. The molecule has 94 valence electrons. The van der Waals surface area contributed by atoms with Crippen LogP contribution >= 0.6 is 11.6 Å².